The van der Waals surface area contributed by atoms with Gasteiger partial charge in [0, 0.05) is 11.7 Å². The largest absolute Gasteiger partial charge is 0.351 e. The van der Waals surface area contributed by atoms with Gasteiger partial charge in [0.05, 0.1) is 12.0 Å². The minimum Gasteiger partial charge on any atom is -0.351 e. The van der Waals surface area contributed by atoms with Crippen molar-refractivity contribution in [2.75, 3.05) is 10.6 Å². The number of nitrogens with zero attached hydrogens (tertiary/aromatic N) is 3. The number of hydrogen-bond donors (Lipinski definition) is 2. The van der Waals surface area contributed by atoms with Gasteiger partial charge in [-0.1, -0.05) is 49.4 Å². The maximum atomic E-state index is 13.2. The predicted octanol–water partition coefficient (Wildman–Crippen LogP) is 3.50. The Hall–Kier alpha value is -3.15. The lowest BCUT2D eigenvalue weighted by Crippen LogP contribution is -2.46. The number of rotatable bonds is 4. The molecule has 1 aliphatic rings. The molecule has 0 radical (unpaired) electrons. The van der Waals surface area contributed by atoms with Crippen LogP contribution in [0.3, 0.4) is 0 Å². The van der Waals surface area contributed by atoms with Gasteiger partial charge in [0.25, 0.3) is 0 Å². The first-order valence-electron chi connectivity index (χ1n) is 9.28. The highest BCUT2D eigenvalue weighted by atomic mass is 16.2. The van der Waals surface area contributed by atoms with Crippen LogP contribution in [0.2, 0.25) is 0 Å². The summed E-state index contributed by atoms with van der Waals surface area (Å²) in [6.07, 6.45) is 2.51. The zero-order valence-corrected chi connectivity index (χ0v) is 15.5. The second-order valence-corrected chi connectivity index (χ2v) is 6.88. The number of anilines is 2. The van der Waals surface area contributed by atoms with Crippen molar-refractivity contribution in [1.82, 2.24) is 14.8 Å². The van der Waals surface area contributed by atoms with Gasteiger partial charge in [0.2, 0.25) is 11.9 Å². The summed E-state index contributed by atoms with van der Waals surface area (Å²) < 4.78 is 1.82. The molecule has 0 saturated carbocycles. The number of para-hydroxylation sites is 1. The Morgan fingerprint density at radius 2 is 1.89 bits per heavy atom. The van der Waals surface area contributed by atoms with Crippen molar-refractivity contribution in [3.63, 3.8) is 0 Å². The van der Waals surface area contributed by atoms with Crippen LogP contribution in [-0.2, 0) is 11.2 Å². The van der Waals surface area contributed by atoms with Gasteiger partial charge < -0.3 is 10.6 Å². The van der Waals surface area contributed by atoms with Crippen LogP contribution < -0.4 is 10.6 Å². The first-order valence-corrected chi connectivity index (χ1v) is 9.28. The van der Waals surface area contributed by atoms with E-state index >= 15 is 0 Å². The number of benzene rings is 2. The lowest BCUT2D eigenvalue weighted by Gasteiger charge is -2.37. The van der Waals surface area contributed by atoms with E-state index in [1.165, 1.54) is 11.9 Å². The molecule has 0 aliphatic carbocycles. The van der Waals surface area contributed by atoms with Crippen LogP contribution in [0.5, 0.6) is 0 Å². The summed E-state index contributed by atoms with van der Waals surface area (Å²) in [7, 11) is 0. The zero-order chi connectivity index (χ0) is 18.8. The minimum atomic E-state index is -0.327. The highest BCUT2D eigenvalue weighted by molar-refractivity contribution is 5.94. The molecule has 0 bridgehead atoms. The Bertz CT molecular complexity index is 919. The molecule has 138 valence electrons. The molecule has 4 rings (SSSR count). The standard InChI is InChI=1S/C21H23N5O/c1-3-15-9-11-16(12-10-15)19-18(14(2)24-21-22-13-23-26(19)21)20(27)25-17-7-5-4-6-8-17/h4-14,18-19H,3H2,1-2H3,(H,25,27)(H,22,23,24)/t14-,18+,19-/m0/s1. The number of aryl methyl sites for hydroxylation is 1. The molecule has 2 aromatic carbocycles. The minimum absolute atomic E-state index is 0.0353. The molecule has 6 heteroatoms. The van der Waals surface area contributed by atoms with Crippen LogP contribution in [0.1, 0.15) is 31.0 Å². The Kier molecular flexibility index (Phi) is 4.62. The molecule has 6 nitrogen and oxygen atoms in total. The second kappa shape index (κ2) is 7.23. The van der Waals surface area contributed by atoms with Gasteiger partial charge in [-0.2, -0.15) is 10.1 Å². The molecular formula is C21H23N5O. The lowest BCUT2D eigenvalue weighted by molar-refractivity contribution is -0.121. The quantitative estimate of drug-likeness (QED) is 0.746. The van der Waals surface area contributed by atoms with Crippen LogP contribution in [0.25, 0.3) is 0 Å². The Morgan fingerprint density at radius 3 is 2.59 bits per heavy atom. The second-order valence-electron chi connectivity index (χ2n) is 6.88. The molecule has 0 saturated heterocycles. The van der Waals surface area contributed by atoms with Crippen molar-refractivity contribution < 1.29 is 4.79 Å². The van der Waals surface area contributed by atoms with Crippen molar-refractivity contribution in [1.29, 1.82) is 0 Å². The molecule has 3 aromatic rings. The molecule has 2 N–H and O–H groups in total. The third-order valence-electron chi connectivity index (χ3n) is 5.15. The predicted molar refractivity (Wildman–Crippen MR) is 106 cm³/mol. The maximum absolute atomic E-state index is 13.2. The highest BCUT2D eigenvalue weighted by Crippen LogP contribution is 2.36. The monoisotopic (exact) mass is 361 g/mol. The van der Waals surface area contributed by atoms with Crippen LogP contribution in [0.4, 0.5) is 11.6 Å². The average Bonchev–Trinajstić information content (AvgIpc) is 3.15. The first kappa shape index (κ1) is 17.3. The molecule has 2 heterocycles. The number of carbonyl (C=O) groups is 1. The summed E-state index contributed by atoms with van der Waals surface area (Å²) in [6.45, 7) is 4.15. The first-order chi connectivity index (χ1) is 13.2. The highest BCUT2D eigenvalue weighted by Gasteiger charge is 2.41. The van der Waals surface area contributed by atoms with Gasteiger partial charge in [-0.3, -0.25) is 4.79 Å². The van der Waals surface area contributed by atoms with E-state index in [0.29, 0.717) is 5.95 Å². The fraction of sp³-hybridized carbons (Fsp3) is 0.286. The van der Waals surface area contributed by atoms with E-state index in [-0.39, 0.29) is 23.9 Å². The van der Waals surface area contributed by atoms with Gasteiger partial charge in [0.15, 0.2) is 0 Å². The summed E-state index contributed by atoms with van der Waals surface area (Å²) >= 11 is 0. The summed E-state index contributed by atoms with van der Waals surface area (Å²) in [5.41, 5.74) is 3.12. The molecule has 0 fully saturated rings. The van der Waals surface area contributed by atoms with Crippen molar-refractivity contribution in [2.45, 2.75) is 32.4 Å². The number of aromatic nitrogens is 3. The van der Waals surface area contributed by atoms with Crippen LogP contribution >= 0.6 is 0 Å². The van der Waals surface area contributed by atoms with E-state index < -0.39 is 0 Å². The molecule has 1 aliphatic heterocycles. The summed E-state index contributed by atoms with van der Waals surface area (Å²) in [5.74, 6) is 0.328. The van der Waals surface area contributed by atoms with E-state index in [9.17, 15) is 4.79 Å². The third-order valence-corrected chi connectivity index (χ3v) is 5.15. The number of hydrogen-bond acceptors (Lipinski definition) is 4. The zero-order valence-electron chi connectivity index (χ0n) is 15.5. The van der Waals surface area contributed by atoms with Crippen molar-refractivity contribution in [2.24, 2.45) is 5.92 Å². The Labute approximate surface area is 158 Å². The Balaban J connectivity index is 1.71. The average molecular weight is 361 g/mol. The SMILES string of the molecule is CCc1ccc([C@H]2[C@H](C(=O)Nc3ccccc3)[C@H](C)Nc3ncnn32)cc1. The molecule has 3 atom stereocenters. The fourth-order valence-corrected chi connectivity index (χ4v) is 3.69. The topological polar surface area (TPSA) is 71.8 Å². The third kappa shape index (κ3) is 3.30. The van der Waals surface area contributed by atoms with E-state index in [1.54, 1.807) is 0 Å². The van der Waals surface area contributed by atoms with Gasteiger partial charge in [-0.25, -0.2) is 4.68 Å². The van der Waals surface area contributed by atoms with Crippen molar-refractivity contribution >= 4 is 17.5 Å². The molecule has 1 aromatic heterocycles. The molecule has 0 spiro atoms. The summed E-state index contributed by atoms with van der Waals surface area (Å²) in [5, 5.41) is 10.7. The molecule has 27 heavy (non-hydrogen) atoms. The normalized spacial score (nSPS) is 21.2. The molecule has 0 unspecified atom stereocenters. The van der Waals surface area contributed by atoms with Gasteiger partial charge in [-0.05, 0) is 36.6 Å². The summed E-state index contributed by atoms with van der Waals surface area (Å²) in [4.78, 5) is 17.5. The molecule has 1 amide bonds. The van der Waals surface area contributed by atoms with Gasteiger partial charge in [0.1, 0.15) is 6.33 Å². The number of nitrogens with one attached hydrogen (secondary N) is 2. The number of carbonyl (C=O) groups excluding carboxylic acids is 1. The van der Waals surface area contributed by atoms with Gasteiger partial charge in [-0.15, -0.1) is 0 Å². The van der Waals surface area contributed by atoms with Crippen molar-refractivity contribution in [3.8, 4) is 0 Å². The van der Waals surface area contributed by atoms with Crippen LogP contribution in [-0.4, -0.2) is 26.7 Å². The van der Waals surface area contributed by atoms with Gasteiger partial charge >= 0.3 is 0 Å². The van der Waals surface area contributed by atoms with E-state index in [1.807, 2.05) is 41.9 Å². The van der Waals surface area contributed by atoms with E-state index in [2.05, 4.69) is 51.9 Å². The lowest BCUT2D eigenvalue weighted by atomic mass is 9.85. The smallest absolute Gasteiger partial charge is 0.232 e. The van der Waals surface area contributed by atoms with Crippen LogP contribution in [0.15, 0.2) is 60.9 Å². The Morgan fingerprint density at radius 1 is 1.15 bits per heavy atom. The van der Waals surface area contributed by atoms with E-state index in [4.69, 9.17) is 0 Å². The summed E-state index contributed by atoms with van der Waals surface area (Å²) in [6, 6.07) is 17.7. The fourth-order valence-electron chi connectivity index (χ4n) is 3.69. The number of amides is 1. The van der Waals surface area contributed by atoms with Crippen LogP contribution in [0, 0.1) is 5.92 Å². The maximum Gasteiger partial charge on any atom is 0.232 e. The number of fused-ring (bicyclic) bond motifs is 1. The molecular weight excluding hydrogens is 338 g/mol. The van der Waals surface area contributed by atoms with E-state index in [0.717, 1.165) is 17.7 Å². The van der Waals surface area contributed by atoms with Crippen molar-refractivity contribution in [3.05, 3.63) is 72.1 Å².